The fourth-order valence-electron chi connectivity index (χ4n) is 3.40. The Morgan fingerprint density at radius 2 is 1.61 bits per heavy atom. The average molecular weight is 419 g/mol. The molecule has 0 aromatic heterocycles. The smallest absolute Gasteiger partial charge is 0.408 e. The number of carbonyl (C=O) groups excluding carboxylic acids is 2. The van der Waals surface area contributed by atoms with E-state index in [-0.39, 0.29) is 5.91 Å². The van der Waals surface area contributed by atoms with Gasteiger partial charge >= 0.3 is 6.09 Å². The largest absolute Gasteiger partial charge is 0.444 e. The summed E-state index contributed by atoms with van der Waals surface area (Å²) in [5, 5.41) is 7.87. The molecule has 5 nitrogen and oxygen atoms in total. The summed E-state index contributed by atoms with van der Waals surface area (Å²) in [5.74, 6) is -0.242. The van der Waals surface area contributed by atoms with E-state index in [1.807, 2.05) is 24.3 Å². The van der Waals surface area contributed by atoms with Gasteiger partial charge in [-0.2, -0.15) is 0 Å². The Hall–Kier alpha value is -3.34. The molecule has 0 aliphatic rings. The molecule has 0 saturated carbocycles. The minimum atomic E-state index is -0.675. The minimum Gasteiger partial charge on any atom is -0.444 e. The van der Waals surface area contributed by atoms with Crippen molar-refractivity contribution in [2.24, 2.45) is 0 Å². The molecule has 2 N–H and O–H groups in total. The van der Waals surface area contributed by atoms with Crippen molar-refractivity contribution in [1.29, 1.82) is 0 Å². The number of carbonyl (C=O) groups is 2. The van der Waals surface area contributed by atoms with Gasteiger partial charge < -0.3 is 15.4 Å². The van der Waals surface area contributed by atoms with E-state index in [1.165, 1.54) is 10.8 Å². The van der Waals surface area contributed by atoms with Crippen LogP contribution in [-0.2, 0) is 16.0 Å². The van der Waals surface area contributed by atoms with E-state index in [0.29, 0.717) is 13.0 Å². The Morgan fingerprint density at radius 1 is 0.935 bits per heavy atom. The highest BCUT2D eigenvalue weighted by Crippen LogP contribution is 2.27. The van der Waals surface area contributed by atoms with Gasteiger partial charge in [0, 0.05) is 6.54 Å². The van der Waals surface area contributed by atoms with Gasteiger partial charge in [-0.05, 0) is 67.6 Å². The summed E-state index contributed by atoms with van der Waals surface area (Å²) >= 11 is 0. The van der Waals surface area contributed by atoms with Crippen LogP contribution in [0.1, 0.15) is 33.3 Å². The lowest BCUT2D eigenvalue weighted by Gasteiger charge is -2.21. The Labute approximate surface area is 183 Å². The van der Waals surface area contributed by atoms with Gasteiger partial charge in [-0.15, -0.1) is 0 Å². The molecule has 0 unspecified atom stereocenters. The Kier molecular flexibility index (Phi) is 6.95. The zero-order valence-electron chi connectivity index (χ0n) is 18.6. The van der Waals surface area contributed by atoms with Crippen molar-refractivity contribution in [1.82, 2.24) is 10.6 Å². The Morgan fingerprint density at radius 3 is 2.35 bits per heavy atom. The monoisotopic (exact) mass is 418 g/mol. The third-order valence-electron chi connectivity index (χ3n) is 4.90. The van der Waals surface area contributed by atoms with Crippen LogP contribution in [0.2, 0.25) is 0 Å². The predicted octanol–water partition coefficient (Wildman–Crippen LogP) is 5.08. The zero-order chi connectivity index (χ0) is 22.4. The Balaban J connectivity index is 1.61. The number of hydrogen-bond acceptors (Lipinski definition) is 3. The van der Waals surface area contributed by atoms with E-state index >= 15 is 0 Å². The van der Waals surface area contributed by atoms with Crippen LogP contribution in [-0.4, -0.2) is 30.2 Å². The van der Waals surface area contributed by atoms with Crippen molar-refractivity contribution in [2.75, 3.05) is 6.54 Å². The lowest BCUT2D eigenvalue weighted by Crippen LogP contribution is -2.46. The first-order valence-corrected chi connectivity index (χ1v) is 10.6. The quantitative estimate of drug-likeness (QED) is 0.587. The Bertz CT molecular complexity index is 1070. The average Bonchev–Trinajstić information content (AvgIpc) is 2.72. The first-order chi connectivity index (χ1) is 14.7. The highest BCUT2D eigenvalue weighted by atomic mass is 16.6. The number of hydrogen-bond donors (Lipinski definition) is 2. The number of fused-ring (bicyclic) bond motifs is 1. The second kappa shape index (κ2) is 9.65. The van der Waals surface area contributed by atoms with Gasteiger partial charge in [-0.25, -0.2) is 4.79 Å². The van der Waals surface area contributed by atoms with Crippen LogP contribution in [0, 0.1) is 0 Å². The van der Waals surface area contributed by atoms with E-state index in [9.17, 15) is 9.59 Å². The SMILES string of the molecule is C[C@H](NC(=O)OC(C)(C)C)C(=O)NCCc1ccccc1-c1ccc2ccccc2c1. The highest BCUT2D eigenvalue weighted by Gasteiger charge is 2.20. The van der Waals surface area contributed by atoms with E-state index in [1.54, 1.807) is 27.7 Å². The number of alkyl carbamates (subject to hydrolysis) is 1. The third kappa shape index (κ3) is 6.32. The minimum absolute atomic E-state index is 0.242. The summed E-state index contributed by atoms with van der Waals surface area (Å²) in [7, 11) is 0. The number of amides is 2. The first-order valence-electron chi connectivity index (χ1n) is 10.6. The maximum atomic E-state index is 12.4. The lowest BCUT2D eigenvalue weighted by atomic mass is 9.95. The fourth-order valence-corrected chi connectivity index (χ4v) is 3.40. The van der Waals surface area contributed by atoms with Crippen molar-refractivity contribution in [3.8, 4) is 11.1 Å². The van der Waals surface area contributed by atoms with Crippen molar-refractivity contribution in [2.45, 2.75) is 45.8 Å². The molecular weight excluding hydrogens is 388 g/mol. The van der Waals surface area contributed by atoms with Crippen molar-refractivity contribution in [3.05, 3.63) is 72.3 Å². The van der Waals surface area contributed by atoms with Gasteiger partial charge in [0.15, 0.2) is 0 Å². The summed E-state index contributed by atoms with van der Waals surface area (Å²) in [6, 6.07) is 22.3. The molecule has 0 fully saturated rings. The van der Waals surface area contributed by atoms with Crippen molar-refractivity contribution >= 4 is 22.8 Å². The van der Waals surface area contributed by atoms with Crippen LogP contribution in [0.3, 0.4) is 0 Å². The van der Waals surface area contributed by atoms with Crippen LogP contribution < -0.4 is 10.6 Å². The van der Waals surface area contributed by atoms with Crippen LogP contribution in [0.4, 0.5) is 4.79 Å². The number of benzene rings is 3. The highest BCUT2D eigenvalue weighted by molar-refractivity contribution is 5.88. The maximum Gasteiger partial charge on any atom is 0.408 e. The summed E-state index contributed by atoms with van der Waals surface area (Å²) in [6.07, 6.45) is 0.0882. The standard InChI is InChI=1S/C26H30N2O3/c1-18(28-25(30)31-26(2,3)4)24(29)27-16-15-20-10-7-8-12-23(20)22-14-13-19-9-5-6-11-21(19)17-22/h5-14,17-18H,15-16H2,1-4H3,(H,27,29)(H,28,30)/t18-/m0/s1. The summed E-state index contributed by atoms with van der Waals surface area (Å²) in [6.45, 7) is 7.46. The third-order valence-corrected chi connectivity index (χ3v) is 4.90. The molecule has 0 bridgehead atoms. The van der Waals surface area contributed by atoms with Crippen molar-refractivity contribution in [3.63, 3.8) is 0 Å². The lowest BCUT2D eigenvalue weighted by molar-refractivity contribution is -0.122. The molecule has 5 heteroatoms. The molecule has 3 aromatic rings. The van der Waals surface area contributed by atoms with E-state index in [4.69, 9.17) is 4.74 Å². The topological polar surface area (TPSA) is 67.4 Å². The van der Waals surface area contributed by atoms with Gasteiger partial charge in [-0.3, -0.25) is 4.79 Å². The molecule has 2 amide bonds. The summed E-state index contributed by atoms with van der Waals surface area (Å²) in [5.41, 5.74) is 2.86. The van der Waals surface area contributed by atoms with E-state index in [2.05, 4.69) is 53.1 Å². The van der Waals surface area contributed by atoms with Crippen molar-refractivity contribution < 1.29 is 14.3 Å². The second-order valence-electron chi connectivity index (χ2n) is 8.63. The first kappa shape index (κ1) is 22.3. The molecular formula is C26H30N2O3. The molecule has 0 aliphatic heterocycles. The molecule has 0 saturated heterocycles. The molecule has 0 radical (unpaired) electrons. The molecule has 0 spiro atoms. The van der Waals surface area contributed by atoms with Gasteiger partial charge in [0.1, 0.15) is 11.6 Å². The van der Waals surface area contributed by atoms with Crippen LogP contribution in [0.25, 0.3) is 21.9 Å². The molecule has 1 atom stereocenters. The normalized spacial score (nSPS) is 12.3. The molecule has 31 heavy (non-hydrogen) atoms. The van der Waals surface area contributed by atoms with Crippen LogP contribution in [0.5, 0.6) is 0 Å². The van der Waals surface area contributed by atoms with Crippen LogP contribution in [0.15, 0.2) is 66.7 Å². The number of nitrogens with one attached hydrogen (secondary N) is 2. The summed E-state index contributed by atoms with van der Waals surface area (Å²) < 4.78 is 5.20. The molecule has 3 aromatic carbocycles. The summed E-state index contributed by atoms with van der Waals surface area (Å²) in [4.78, 5) is 24.2. The van der Waals surface area contributed by atoms with Gasteiger partial charge in [0.05, 0.1) is 0 Å². The molecule has 0 aliphatic carbocycles. The van der Waals surface area contributed by atoms with Gasteiger partial charge in [-0.1, -0.05) is 60.7 Å². The molecule has 3 rings (SSSR count). The number of rotatable bonds is 6. The van der Waals surface area contributed by atoms with Crippen LogP contribution >= 0.6 is 0 Å². The van der Waals surface area contributed by atoms with Gasteiger partial charge in [0.25, 0.3) is 0 Å². The zero-order valence-corrected chi connectivity index (χ0v) is 18.6. The fraction of sp³-hybridized carbons (Fsp3) is 0.308. The second-order valence-corrected chi connectivity index (χ2v) is 8.63. The number of ether oxygens (including phenoxy) is 1. The van der Waals surface area contributed by atoms with Gasteiger partial charge in [0.2, 0.25) is 5.91 Å². The molecule has 162 valence electrons. The predicted molar refractivity (Wildman–Crippen MR) is 125 cm³/mol. The van der Waals surface area contributed by atoms with E-state index < -0.39 is 17.7 Å². The maximum absolute atomic E-state index is 12.4. The van der Waals surface area contributed by atoms with E-state index in [0.717, 1.165) is 16.7 Å². The molecule has 0 heterocycles.